The van der Waals surface area contributed by atoms with Crippen molar-refractivity contribution in [3.8, 4) is 0 Å². The van der Waals surface area contributed by atoms with Gasteiger partial charge in [0, 0.05) is 21.6 Å². The van der Waals surface area contributed by atoms with Crippen LogP contribution in [-0.2, 0) is 11.2 Å². The van der Waals surface area contributed by atoms with Crippen molar-refractivity contribution in [3.05, 3.63) is 33.4 Å². The number of carboxylic acid groups (broad SMARTS) is 1. The molecule has 94 valence electrons. The molecule has 0 saturated carbocycles. The second kappa shape index (κ2) is 4.18. The van der Waals surface area contributed by atoms with Crippen molar-refractivity contribution in [1.29, 1.82) is 0 Å². The largest absolute Gasteiger partial charge is 0.481 e. The number of aryl methyl sites for hydroxylation is 1. The van der Waals surface area contributed by atoms with Gasteiger partial charge < -0.3 is 10.1 Å². The molecule has 2 aromatic rings. The molecule has 0 saturated heterocycles. The van der Waals surface area contributed by atoms with Gasteiger partial charge in [0.25, 0.3) is 0 Å². The highest BCUT2D eigenvalue weighted by Crippen LogP contribution is 2.40. The third-order valence-corrected chi connectivity index (χ3v) is 4.03. The fourth-order valence-corrected chi connectivity index (χ4v) is 3.37. The maximum atomic E-state index is 11.3. The molecule has 0 radical (unpaired) electrons. The SMILES string of the molecule is O=C(O)C1CCCc2c1[nH]c1cc(Cl)cc(Cl)c21. The van der Waals surface area contributed by atoms with Crippen molar-refractivity contribution < 1.29 is 9.90 Å². The number of hydrogen-bond donors (Lipinski definition) is 2. The molecule has 5 heteroatoms. The Morgan fingerprint density at radius 3 is 2.89 bits per heavy atom. The number of hydrogen-bond acceptors (Lipinski definition) is 1. The number of halogens is 2. The van der Waals surface area contributed by atoms with Crippen molar-refractivity contribution >= 4 is 40.1 Å². The van der Waals surface area contributed by atoms with E-state index in [4.69, 9.17) is 23.2 Å². The molecular formula is C13H11Cl2NO2. The molecule has 1 aliphatic carbocycles. The summed E-state index contributed by atoms with van der Waals surface area (Å²) in [5.74, 6) is -1.25. The van der Waals surface area contributed by atoms with E-state index in [1.807, 2.05) is 0 Å². The first kappa shape index (κ1) is 11.9. The van der Waals surface area contributed by atoms with E-state index in [-0.39, 0.29) is 0 Å². The van der Waals surface area contributed by atoms with Crippen LogP contribution in [0.25, 0.3) is 10.9 Å². The first-order valence-corrected chi connectivity index (χ1v) is 6.56. The Bertz CT molecular complexity index is 648. The Hall–Kier alpha value is -1.19. The van der Waals surface area contributed by atoms with E-state index in [1.54, 1.807) is 12.1 Å². The lowest BCUT2D eigenvalue weighted by molar-refractivity contribution is -0.139. The van der Waals surface area contributed by atoms with E-state index in [1.165, 1.54) is 0 Å². The number of aliphatic carboxylic acids is 1. The van der Waals surface area contributed by atoms with Gasteiger partial charge >= 0.3 is 5.97 Å². The minimum atomic E-state index is -0.787. The van der Waals surface area contributed by atoms with Crippen molar-refractivity contribution in [2.45, 2.75) is 25.2 Å². The van der Waals surface area contributed by atoms with Crippen LogP contribution in [-0.4, -0.2) is 16.1 Å². The Morgan fingerprint density at radius 2 is 2.17 bits per heavy atom. The Labute approximate surface area is 114 Å². The van der Waals surface area contributed by atoms with Gasteiger partial charge in [-0.15, -0.1) is 0 Å². The summed E-state index contributed by atoms with van der Waals surface area (Å²) < 4.78 is 0. The maximum Gasteiger partial charge on any atom is 0.312 e. The monoisotopic (exact) mass is 283 g/mol. The van der Waals surface area contributed by atoms with Crippen LogP contribution in [0.5, 0.6) is 0 Å². The molecule has 0 amide bonds. The van der Waals surface area contributed by atoms with Crippen molar-refractivity contribution in [2.24, 2.45) is 0 Å². The predicted molar refractivity (Wildman–Crippen MR) is 71.6 cm³/mol. The van der Waals surface area contributed by atoms with Crippen LogP contribution in [0.4, 0.5) is 0 Å². The van der Waals surface area contributed by atoms with Gasteiger partial charge in [-0.25, -0.2) is 0 Å². The fraction of sp³-hybridized carbons (Fsp3) is 0.308. The highest BCUT2D eigenvalue weighted by atomic mass is 35.5. The zero-order valence-corrected chi connectivity index (χ0v) is 11.0. The molecule has 18 heavy (non-hydrogen) atoms. The average molecular weight is 284 g/mol. The molecule has 1 aromatic carbocycles. The van der Waals surface area contributed by atoms with Crippen LogP contribution in [0.2, 0.25) is 10.0 Å². The van der Waals surface area contributed by atoms with Gasteiger partial charge in [-0.1, -0.05) is 23.2 Å². The molecule has 3 nitrogen and oxygen atoms in total. The molecule has 0 spiro atoms. The Morgan fingerprint density at radius 1 is 1.39 bits per heavy atom. The molecule has 1 aromatic heterocycles. The lowest BCUT2D eigenvalue weighted by Crippen LogP contribution is -2.17. The zero-order chi connectivity index (χ0) is 12.9. The summed E-state index contributed by atoms with van der Waals surface area (Å²) in [6, 6.07) is 3.49. The molecule has 1 unspecified atom stereocenters. The summed E-state index contributed by atoms with van der Waals surface area (Å²) in [6.45, 7) is 0. The van der Waals surface area contributed by atoms with Crippen LogP contribution < -0.4 is 0 Å². The second-order valence-corrected chi connectivity index (χ2v) is 5.45. The molecule has 0 fully saturated rings. The summed E-state index contributed by atoms with van der Waals surface area (Å²) in [5.41, 5.74) is 2.64. The number of H-pyrrole nitrogens is 1. The fourth-order valence-electron chi connectivity index (χ4n) is 2.77. The van der Waals surface area contributed by atoms with E-state index in [0.29, 0.717) is 16.5 Å². The number of nitrogens with one attached hydrogen (secondary N) is 1. The maximum absolute atomic E-state index is 11.3. The molecule has 0 aliphatic heterocycles. The van der Waals surface area contributed by atoms with Crippen molar-refractivity contribution in [2.75, 3.05) is 0 Å². The van der Waals surface area contributed by atoms with Gasteiger partial charge in [-0.05, 0) is 37.0 Å². The standard InChI is InChI=1S/C13H11Cl2NO2/c14-6-4-9(15)11-7-2-1-3-8(13(17)18)12(7)16-10(11)5-6/h4-5,8,16H,1-3H2,(H,17,18). The van der Waals surface area contributed by atoms with E-state index >= 15 is 0 Å². The van der Waals surface area contributed by atoms with Crippen LogP contribution in [0.15, 0.2) is 12.1 Å². The highest BCUT2D eigenvalue weighted by molar-refractivity contribution is 6.38. The Balaban J connectivity index is 2.30. The first-order valence-electron chi connectivity index (χ1n) is 5.80. The minimum Gasteiger partial charge on any atom is -0.481 e. The molecule has 1 aliphatic rings. The van der Waals surface area contributed by atoms with Gasteiger partial charge in [0.1, 0.15) is 0 Å². The summed E-state index contributed by atoms with van der Waals surface area (Å²) >= 11 is 12.2. The highest BCUT2D eigenvalue weighted by Gasteiger charge is 2.30. The molecule has 0 bridgehead atoms. The van der Waals surface area contributed by atoms with E-state index in [2.05, 4.69) is 4.98 Å². The molecule has 2 N–H and O–H groups in total. The van der Waals surface area contributed by atoms with E-state index < -0.39 is 11.9 Å². The van der Waals surface area contributed by atoms with Gasteiger partial charge in [0.2, 0.25) is 0 Å². The number of aromatic nitrogens is 1. The molecular weight excluding hydrogens is 273 g/mol. The third kappa shape index (κ3) is 1.70. The predicted octanol–water partition coefficient (Wildman–Crippen LogP) is 3.98. The molecule has 3 rings (SSSR count). The molecule has 1 atom stereocenters. The summed E-state index contributed by atoms with van der Waals surface area (Å²) in [7, 11) is 0. The van der Waals surface area contributed by atoms with Gasteiger partial charge in [-0.2, -0.15) is 0 Å². The van der Waals surface area contributed by atoms with Gasteiger partial charge in [0.15, 0.2) is 0 Å². The molecule has 1 heterocycles. The quantitative estimate of drug-likeness (QED) is 0.832. The second-order valence-electron chi connectivity index (χ2n) is 4.61. The number of aromatic amines is 1. The summed E-state index contributed by atoms with van der Waals surface area (Å²) in [6.07, 6.45) is 2.40. The lowest BCUT2D eigenvalue weighted by atomic mass is 9.87. The van der Waals surface area contributed by atoms with Crippen LogP contribution >= 0.6 is 23.2 Å². The topological polar surface area (TPSA) is 53.1 Å². The van der Waals surface area contributed by atoms with E-state index in [0.717, 1.165) is 35.0 Å². The third-order valence-electron chi connectivity index (χ3n) is 3.52. The number of fused-ring (bicyclic) bond motifs is 3. The minimum absolute atomic E-state index is 0.462. The van der Waals surface area contributed by atoms with Gasteiger partial charge in [0.05, 0.1) is 10.9 Å². The number of carboxylic acids is 1. The number of benzene rings is 1. The number of rotatable bonds is 1. The van der Waals surface area contributed by atoms with Gasteiger partial charge in [-0.3, -0.25) is 4.79 Å². The Kier molecular flexibility index (Phi) is 2.76. The average Bonchev–Trinajstić information content (AvgIpc) is 2.65. The van der Waals surface area contributed by atoms with E-state index in [9.17, 15) is 9.90 Å². The zero-order valence-electron chi connectivity index (χ0n) is 9.46. The van der Waals surface area contributed by atoms with Crippen molar-refractivity contribution in [1.82, 2.24) is 4.98 Å². The summed E-state index contributed by atoms with van der Waals surface area (Å²) in [4.78, 5) is 14.4. The van der Waals surface area contributed by atoms with Crippen molar-refractivity contribution in [3.63, 3.8) is 0 Å². The summed E-state index contributed by atoms with van der Waals surface area (Å²) in [5, 5.41) is 11.3. The van der Waals surface area contributed by atoms with Crippen LogP contribution in [0.3, 0.4) is 0 Å². The normalized spacial score (nSPS) is 18.9. The smallest absolute Gasteiger partial charge is 0.312 e. The van der Waals surface area contributed by atoms with Crippen LogP contribution in [0, 0.1) is 0 Å². The number of carbonyl (C=O) groups is 1. The first-order chi connectivity index (χ1) is 8.58. The van der Waals surface area contributed by atoms with Crippen LogP contribution in [0.1, 0.15) is 30.0 Å². The lowest BCUT2D eigenvalue weighted by Gasteiger charge is -2.18.